The number of rotatable bonds is 0. The van der Waals surface area contributed by atoms with E-state index in [-0.39, 0.29) is 24.0 Å². The third-order valence-corrected chi connectivity index (χ3v) is 6.75. The molecule has 0 fully saturated rings. The van der Waals surface area contributed by atoms with E-state index >= 15 is 0 Å². The molecule has 26 heavy (non-hydrogen) atoms. The Labute approximate surface area is 153 Å². The lowest BCUT2D eigenvalue weighted by molar-refractivity contribution is -0.134. The molecule has 2 aromatic carbocycles. The number of benzene rings is 2. The third kappa shape index (κ3) is 1.62. The van der Waals surface area contributed by atoms with E-state index in [0.717, 1.165) is 12.8 Å². The Morgan fingerprint density at radius 1 is 0.923 bits per heavy atom. The third-order valence-electron chi connectivity index (χ3n) is 6.75. The van der Waals surface area contributed by atoms with Crippen molar-refractivity contribution in [1.82, 2.24) is 4.90 Å². The van der Waals surface area contributed by atoms with Crippen LogP contribution in [0.3, 0.4) is 0 Å². The van der Waals surface area contributed by atoms with E-state index in [2.05, 4.69) is 58.3 Å². The van der Waals surface area contributed by atoms with Crippen LogP contribution in [0, 0.1) is 0 Å². The van der Waals surface area contributed by atoms with Gasteiger partial charge >= 0.3 is 0 Å². The molecule has 1 aliphatic carbocycles. The average molecular weight is 342 g/mol. The normalized spacial score (nSPS) is 27.8. The fourth-order valence-electron chi connectivity index (χ4n) is 5.89. The molecule has 6 rings (SSSR count). The van der Waals surface area contributed by atoms with Gasteiger partial charge in [0.1, 0.15) is 6.17 Å². The quantitative estimate of drug-likeness (QED) is 0.692. The summed E-state index contributed by atoms with van der Waals surface area (Å²) in [5.74, 6) is 0.438. The maximum absolute atomic E-state index is 12.8. The van der Waals surface area contributed by atoms with Gasteiger partial charge in [-0.05, 0) is 54.0 Å². The highest BCUT2D eigenvalue weighted by atomic mass is 16.2. The van der Waals surface area contributed by atoms with Gasteiger partial charge in [0.05, 0.1) is 12.0 Å². The molecule has 4 aliphatic rings. The van der Waals surface area contributed by atoms with Crippen molar-refractivity contribution in [2.75, 3.05) is 4.90 Å². The van der Waals surface area contributed by atoms with Gasteiger partial charge in [0, 0.05) is 18.3 Å². The highest BCUT2D eigenvalue weighted by molar-refractivity contribution is 5.81. The second kappa shape index (κ2) is 5.00. The molecule has 3 heteroatoms. The zero-order valence-corrected chi connectivity index (χ0v) is 15.0. The van der Waals surface area contributed by atoms with Crippen molar-refractivity contribution in [1.29, 1.82) is 0 Å². The maximum Gasteiger partial charge on any atom is 0.221 e. The van der Waals surface area contributed by atoms with E-state index in [4.69, 9.17) is 0 Å². The smallest absolute Gasteiger partial charge is 0.221 e. The van der Waals surface area contributed by atoms with Gasteiger partial charge in [-0.3, -0.25) is 4.79 Å². The highest BCUT2D eigenvalue weighted by Gasteiger charge is 2.55. The molecular weight excluding hydrogens is 320 g/mol. The van der Waals surface area contributed by atoms with Crippen LogP contribution in [0.4, 0.5) is 5.69 Å². The number of fused-ring (bicyclic) bond motifs is 9. The number of hydrogen-bond acceptors (Lipinski definition) is 2. The molecule has 2 aromatic rings. The lowest BCUT2D eigenvalue weighted by Gasteiger charge is -2.54. The van der Waals surface area contributed by atoms with Gasteiger partial charge in [-0.2, -0.15) is 0 Å². The molecule has 3 heterocycles. The molecule has 1 unspecified atom stereocenters. The van der Waals surface area contributed by atoms with Gasteiger partial charge in [-0.25, -0.2) is 0 Å². The largest absolute Gasteiger partial charge is 0.323 e. The van der Waals surface area contributed by atoms with Crippen LogP contribution in [0.25, 0.3) is 0 Å². The van der Waals surface area contributed by atoms with E-state index in [1.807, 2.05) is 0 Å². The molecule has 0 spiro atoms. The van der Waals surface area contributed by atoms with Crippen molar-refractivity contribution in [3.8, 4) is 0 Å². The van der Waals surface area contributed by atoms with Crippen LogP contribution in [-0.2, 0) is 4.79 Å². The van der Waals surface area contributed by atoms with E-state index in [1.54, 1.807) is 6.92 Å². The molecule has 0 N–H and O–H groups in total. The maximum atomic E-state index is 12.8. The lowest BCUT2D eigenvalue weighted by Crippen LogP contribution is -2.58. The molecule has 3 aliphatic heterocycles. The first-order valence-corrected chi connectivity index (χ1v) is 9.75. The van der Waals surface area contributed by atoms with E-state index in [9.17, 15) is 4.79 Å². The summed E-state index contributed by atoms with van der Waals surface area (Å²) >= 11 is 0. The molecule has 130 valence electrons. The van der Waals surface area contributed by atoms with Crippen LogP contribution in [-0.4, -0.2) is 17.0 Å². The van der Waals surface area contributed by atoms with Crippen LogP contribution >= 0.6 is 0 Å². The lowest BCUT2D eigenvalue weighted by atomic mass is 9.74. The fourth-order valence-corrected chi connectivity index (χ4v) is 5.89. The van der Waals surface area contributed by atoms with Crippen molar-refractivity contribution in [2.24, 2.45) is 0 Å². The molecule has 0 aromatic heterocycles. The van der Waals surface area contributed by atoms with Crippen LogP contribution < -0.4 is 4.90 Å². The summed E-state index contributed by atoms with van der Waals surface area (Å²) in [7, 11) is 0. The summed E-state index contributed by atoms with van der Waals surface area (Å²) in [6.45, 7) is 1.74. The van der Waals surface area contributed by atoms with Crippen molar-refractivity contribution in [3.63, 3.8) is 0 Å². The van der Waals surface area contributed by atoms with Gasteiger partial charge < -0.3 is 9.80 Å². The summed E-state index contributed by atoms with van der Waals surface area (Å²) in [4.78, 5) is 17.5. The molecule has 1 amide bonds. The molecule has 3 nitrogen and oxygen atoms in total. The summed E-state index contributed by atoms with van der Waals surface area (Å²) < 4.78 is 0. The van der Waals surface area contributed by atoms with Gasteiger partial charge in [0.15, 0.2) is 0 Å². The number of amides is 1. The molecule has 0 saturated heterocycles. The topological polar surface area (TPSA) is 23.6 Å². The first-order chi connectivity index (χ1) is 12.8. The van der Waals surface area contributed by atoms with Gasteiger partial charge in [0.2, 0.25) is 5.91 Å². The fraction of sp³-hybridized carbons (Fsp3) is 0.348. The number of nitrogens with zero attached hydrogens (tertiary/aromatic N) is 2. The zero-order chi connectivity index (χ0) is 17.4. The first kappa shape index (κ1) is 14.6. The Kier molecular flexibility index (Phi) is 2.81. The molecule has 2 bridgehead atoms. The van der Waals surface area contributed by atoms with Gasteiger partial charge in [0.25, 0.3) is 0 Å². The van der Waals surface area contributed by atoms with Crippen LogP contribution in [0.2, 0.25) is 0 Å². The minimum atomic E-state index is 0.0987. The predicted octanol–water partition coefficient (Wildman–Crippen LogP) is 4.71. The number of para-hydroxylation sites is 1. The molecular formula is C23H22N2O. The van der Waals surface area contributed by atoms with E-state index in [1.165, 1.54) is 46.5 Å². The SMILES string of the molecule is CC(=O)N1C2[C@H]3c4ccccc4[C@H]1C1=C(CCCC1)N2c1ccccc13. The number of anilines is 1. The van der Waals surface area contributed by atoms with E-state index < -0.39 is 0 Å². The van der Waals surface area contributed by atoms with Crippen molar-refractivity contribution < 1.29 is 4.79 Å². The summed E-state index contributed by atoms with van der Waals surface area (Å²) in [6.07, 6.45) is 4.82. The van der Waals surface area contributed by atoms with Crippen LogP contribution in [0.1, 0.15) is 61.3 Å². The number of carbonyl (C=O) groups is 1. The minimum Gasteiger partial charge on any atom is -0.323 e. The second-order valence-corrected chi connectivity index (χ2v) is 7.96. The Morgan fingerprint density at radius 3 is 2.42 bits per heavy atom. The standard InChI is InChI=1S/C23H22N2O/c1-14(26)24-22-16-9-3-2-8-15(16)21-17-10-4-6-12-19(17)25(23(21)24)20-13-7-5-11-18(20)22/h2-4,6,8-10,12,21-23H,5,7,11,13H2,1H3/t21-,22-,23?/m0/s1. The van der Waals surface area contributed by atoms with Crippen molar-refractivity contribution in [2.45, 2.75) is 50.7 Å². The van der Waals surface area contributed by atoms with Crippen LogP contribution in [0.15, 0.2) is 59.8 Å². The minimum absolute atomic E-state index is 0.0987. The van der Waals surface area contributed by atoms with Gasteiger partial charge in [-0.1, -0.05) is 42.5 Å². The summed E-state index contributed by atoms with van der Waals surface area (Å²) in [6, 6.07) is 17.7. The average Bonchev–Trinajstić information content (AvgIpc) is 3.04. The van der Waals surface area contributed by atoms with Crippen LogP contribution in [0.5, 0.6) is 0 Å². The molecule has 0 saturated carbocycles. The molecule has 3 atom stereocenters. The van der Waals surface area contributed by atoms with Crippen molar-refractivity contribution in [3.05, 3.63) is 76.5 Å². The predicted molar refractivity (Wildman–Crippen MR) is 102 cm³/mol. The zero-order valence-electron chi connectivity index (χ0n) is 15.0. The highest BCUT2D eigenvalue weighted by Crippen LogP contribution is 2.60. The van der Waals surface area contributed by atoms with E-state index in [0.29, 0.717) is 0 Å². The number of hydrogen-bond donors (Lipinski definition) is 0. The second-order valence-electron chi connectivity index (χ2n) is 7.96. The number of allylic oxidation sites excluding steroid dienone is 1. The Hall–Kier alpha value is -2.55. The Morgan fingerprint density at radius 2 is 1.62 bits per heavy atom. The van der Waals surface area contributed by atoms with Crippen molar-refractivity contribution >= 4 is 11.6 Å². The molecule has 0 radical (unpaired) electrons. The van der Waals surface area contributed by atoms with Gasteiger partial charge in [-0.15, -0.1) is 0 Å². The number of carbonyl (C=O) groups excluding carboxylic acids is 1. The summed E-state index contributed by atoms with van der Waals surface area (Å²) in [5.41, 5.74) is 8.40. The Balaban J connectivity index is 1.75. The summed E-state index contributed by atoms with van der Waals surface area (Å²) in [5, 5.41) is 0. The monoisotopic (exact) mass is 342 g/mol. The Bertz CT molecular complexity index is 976. The first-order valence-electron chi connectivity index (χ1n) is 9.75.